The third kappa shape index (κ3) is 6.27. The molecule has 0 atom stereocenters. The molecule has 9 nitrogen and oxygen atoms in total. The minimum Gasteiger partial charge on any atom is -0.492 e. The molecule has 0 aliphatic carbocycles. The predicted octanol–water partition coefficient (Wildman–Crippen LogP) is 4.23. The topological polar surface area (TPSA) is 107 Å². The third-order valence-electron chi connectivity index (χ3n) is 5.97. The first-order valence-electron chi connectivity index (χ1n) is 12.3. The van der Waals surface area contributed by atoms with Crippen molar-refractivity contribution in [3.05, 3.63) is 88.7 Å². The summed E-state index contributed by atoms with van der Waals surface area (Å²) in [5.41, 5.74) is 1.73. The van der Waals surface area contributed by atoms with E-state index in [0.717, 1.165) is 10.3 Å². The van der Waals surface area contributed by atoms with E-state index in [-0.39, 0.29) is 23.5 Å². The minimum absolute atomic E-state index is 0.0841. The van der Waals surface area contributed by atoms with Gasteiger partial charge in [-0.25, -0.2) is 8.42 Å². The lowest BCUT2D eigenvalue weighted by Crippen LogP contribution is -2.30. The zero-order chi connectivity index (χ0) is 28.0. The quantitative estimate of drug-likeness (QED) is 0.266. The van der Waals surface area contributed by atoms with Crippen LogP contribution in [0.1, 0.15) is 29.8 Å². The van der Waals surface area contributed by atoms with Crippen molar-refractivity contribution in [3.8, 4) is 5.75 Å². The number of para-hydroxylation sites is 1. The van der Waals surface area contributed by atoms with Gasteiger partial charge in [-0.3, -0.25) is 9.59 Å². The van der Waals surface area contributed by atoms with E-state index in [2.05, 4.69) is 4.99 Å². The smallest absolute Gasteiger partial charge is 0.325 e. The summed E-state index contributed by atoms with van der Waals surface area (Å²) in [6.07, 6.45) is 0. The predicted molar refractivity (Wildman–Crippen MR) is 149 cm³/mol. The van der Waals surface area contributed by atoms with Crippen molar-refractivity contribution >= 4 is 43.5 Å². The van der Waals surface area contributed by atoms with Gasteiger partial charge in [0.05, 0.1) is 23.3 Å². The second-order valence-electron chi connectivity index (χ2n) is 8.44. The second kappa shape index (κ2) is 12.4. The lowest BCUT2D eigenvalue weighted by molar-refractivity contribution is -0.141. The highest BCUT2D eigenvalue weighted by Crippen LogP contribution is 2.28. The first-order chi connectivity index (χ1) is 18.8. The van der Waals surface area contributed by atoms with Crippen LogP contribution >= 0.6 is 11.3 Å². The van der Waals surface area contributed by atoms with Crippen molar-refractivity contribution in [1.82, 2.24) is 8.87 Å². The largest absolute Gasteiger partial charge is 0.492 e. The molecule has 0 unspecified atom stereocenters. The normalized spacial score (nSPS) is 12.2. The first-order valence-corrected chi connectivity index (χ1v) is 14.6. The van der Waals surface area contributed by atoms with Crippen molar-refractivity contribution in [2.24, 2.45) is 4.99 Å². The number of hydrogen-bond acceptors (Lipinski definition) is 7. The zero-order valence-electron chi connectivity index (χ0n) is 21.9. The van der Waals surface area contributed by atoms with Gasteiger partial charge in [0.15, 0.2) is 4.80 Å². The van der Waals surface area contributed by atoms with Crippen molar-refractivity contribution in [3.63, 3.8) is 0 Å². The fourth-order valence-corrected chi connectivity index (χ4v) is 6.50. The SMILES string of the molecule is CCOc1cccc2sc(=NC(=O)c3ccc(S(=O)(=O)N(CC)Cc4ccccc4)cc3)n(CC(=O)OC)c12. The molecule has 0 N–H and O–H groups in total. The number of sulfonamides is 1. The summed E-state index contributed by atoms with van der Waals surface area (Å²) in [5, 5.41) is 0. The van der Waals surface area contributed by atoms with E-state index in [4.69, 9.17) is 9.47 Å². The molecule has 1 heterocycles. The Morgan fingerprint density at radius 3 is 2.33 bits per heavy atom. The Kier molecular flexibility index (Phi) is 8.95. The monoisotopic (exact) mass is 567 g/mol. The van der Waals surface area contributed by atoms with E-state index < -0.39 is 21.9 Å². The molecule has 0 aliphatic rings. The number of fused-ring (bicyclic) bond motifs is 1. The molecule has 39 heavy (non-hydrogen) atoms. The van der Waals surface area contributed by atoms with Crippen LogP contribution in [0.15, 0.2) is 82.7 Å². The number of esters is 1. The van der Waals surface area contributed by atoms with Gasteiger partial charge in [0.25, 0.3) is 5.91 Å². The average Bonchev–Trinajstić information content (AvgIpc) is 3.29. The number of carbonyl (C=O) groups excluding carboxylic acids is 2. The summed E-state index contributed by atoms with van der Waals surface area (Å²) in [5.74, 6) is -0.506. The molecule has 0 bridgehead atoms. The van der Waals surface area contributed by atoms with Crippen LogP contribution < -0.4 is 9.54 Å². The Hall–Kier alpha value is -3.80. The lowest BCUT2D eigenvalue weighted by atomic mass is 10.2. The Balaban J connectivity index is 1.66. The van der Waals surface area contributed by atoms with Gasteiger partial charge in [-0.1, -0.05) is 54.7 Å². The number of nitrogens with zero attached hydrogens (tertiary/aromatic N) is 3. The Bertz CT molecular complexity index is 1640. The molecule has 0 spiro atoms. The fraction of sp³-hybridized carbons (Fsp3) is 0.250. The zero-order valence-corrected chi connectivity index (χ0v) is 23.5. The number of methoxy groups -OCH3 is 1. The first kappa shape index (κ1) is 28.2. The van der Waals surface area contributed by atoms with Crippen LogP contribution in [0.25, 0.3) is 10.2 Å². The van der Waals surface area contributed by atoms with E-state index in [9.17, 15) is 18.0 Å². The third-order valence-corrected chi connectivity index (χ3v) is 8.95. The summed E-state index contributed by atoms with van der Waals surface area (Å²) in [7, 11) is -2.49. The lowest BCUT2D eigenvalue weighted by Gasteiger charge is -2.20. The Labute approximate surface area is 231 Å². The van der Waals surface area contributed by atoms with Gasteiger partial charge in [-0.15, -0.1) is 0 Å². The maximum atomic E-state index is 13.3. The average molecular weight is 568 g/mol. The Morgan fingerprint density at radius 1 is 0.974 bits per heavy atom. The summed E-state index contributed by atoms with van der Waals surface area (Å²) in [6.45, 7) is 4.44. The van der Waals surface area contributed by atoms with Gasteiger partial charge < -0.3 is 14.0 Å². The minimum atomic E-state index is -3.78. The molecule has 0 saturated carbocycles. The van der Waals surface area contributed by atoms with Crippen molar-refractivity contribution < 1.29 is 27.5 Å². The molecular formula is C28H29N3O6S2. The van der Waals surface area contributed by atoms with E-state index in [1.165, 1.54) is 47.0 Å². The number of thiazole rings is 1. The van der Waals surface area contributed by atoms with Gasteiger partial charge in [0, 0.05) is 18.7 Å². The maximum Gasteiger partial charge on any atom is 0.325 e. The number of carbonyl (C=O) groups is 2. The highest BCUT2D eigenvalue weighted by Gasteiger charge is 2.24. The van der Waals surface area contributed by atoms with Crippen LogP contribution in [0.3, 0.4) is 0 Å². The molecule has 3 aromatic carbocycles. The van der Waals surface area contributed by atoms with Gasteiger partial charge in [-0.2, -0.15) is 9.30 Å². The van der Waals surface area contributed by atoms with Crippen molar-refractivity contribution in [2.75, 3.05) is 20.3 Å². The van der Waals surface area contributed by atoms with E-state index in [0.29, 0.717) is 29.2 Å². The summed E-state index contributed by atoms with van der Waals surface area (Å²) < 4.78 is 40.9. The van der Waals surface area contributed by atoms with Gasteiger partial charge >= 0.3 is 5.97 Å². The van der Waals surface area contributed by atoms with Crippen LogP contribution in [-0.2, 0) is 32.6 Å². The van der Waals surface area contributed by atoms with Crippen LogP contribution in [0.4, 0.5) is 0 Å². The second-order valence-corrected chi connectivity index (χ2v) is 11.4. The molecule has 0 aliphatic heterocycles. The van der Waals surface area contributed by atoms with Crippen LogP contribution in [0.5, 0.6) is 5.75 Å². The van der Waals surface area contributed by atoms with Crippen LogP contribution in [0.2, 0.25) is 0 Å². The number of benzene rings is 3. The van der Waals surface area contributed by atoms with Crippen molar-refractivity contribution in [1.29, 1.82) is 0 Å². The Morgan fingerprint density at radius 2 is 1.69 bits per heavy atom. The molecule has 4 aromatic rings. The van der Waals surface area contributed by atoms with Gasteiger partial charge in [-0.05, 0) is 48.9 Å². The number of rotatable bonds is 10. The molecule has 11 heteroatoms. The molecule has 1 aromatic heterocycles. The number of hydrogen-bond donors (Lipinski definition) is 0. The van der Waals surface area contributed by atoms with E-state index >= 15 is 0 Å². The number of ether oxygens (including phenoxy) is 2. The molecule has 4 rings (SSSR count). The standard InChI is InChI=1S/C28H29N3O6S2/c1-4-30(18-20-10-7-6-8-11-20)39(34,35)22-16-14-21(15-17-22)27(33)29-28-31(19-25(32)36-3)26-23(37-5-2)12-9-13-24(26)38-28/h6-17H,4-5,18-19H2,1-3H3. The summed E-state index contributed by atoms with van der Waals surface area (Å²) in [4.78, 5) is 29.9. The van der Waals surface area contributed by atoms with Gasteiger partial charge in [0.2, 0.25) is 10.0 Å². The van der Waals surface area contributed by atoms with Crippen LogP contribution in [-0.4, -0.2) is 49.4 Å². The number of amides is 1. The molecule has 0 radical (unpaired) electrons. The molecular weight excluding hydrogens is 538 g/mol. The highest BCUT2D eigenvalue weighted by atomic mass is 32.2. The number of aromatic nitrogens is 1. The summed E-state index contributed by atoms with van der Waals surface area (Å²) in [6, 6.07) is 20.5. The van der Waals surface area contributed by atoms with Crippen LogP contribution in [0, 0.1) is 0 Å². The van der Waals surface area contributed by atoms with Crippen molar-refractivity contribution in [2.45, 2.75) is 31.8 Å². The molecule has 0 fully saturated rings. The van der Waals surface area contributed by atoms with E-state index in [1.54, 1.807) is 17.6 Å². The maximum absolute atomic E-state index is 13.3. The molecule has 1 amide bonds. The highest BCUT2D eigenvalue weighted by molar-refractivity contribution is 7.89. The summed E-state index contributed by atoms with van der Waals surface area (Å²) >= 11 is 1.24. The molecule has 0 saturated heterocycles. The fourth-order valence-electron chi connectivity index (χ4n) is 4.02. The van der Waals surface area contributed by atoms with Gasteiger partial charge in [0.1, 0.15) is 17.8 Å². The van der Waals surface area contributed by atoms with E-state index in [1.807, 2.05) is 49.4 Å². The molecule has 204 valence electrons.